The highest BCUT2D eigenvalue weighted by atomic mass is 16.3. The molecule has 0 fully saturated rings. The van der Waals surface area contributed by atoms with Crippen LogP contribution in [-0.4, -0.2) is 9.78 Å². The number of aryl methyl sites for hydroxylation is 3. The summed E-state index contributed by atoms with van der Waals surface area (Å²) < 4.78 is 7.26. The van der Waals surface area contributed by atoms with Crippen LogP contribution in [0.1, 0.15) is 28.8 Å². The Morgan fingerprint density at radius 2 is 2.25 bits per heavy atom. The highest BCUT2D eigenvalue weighted by molar-refractivity contribution is 5.20. The molecule has 2 heterocycles. The summed E-state index contributed by atoms with van der Waals surface area (Å²) in [6.07, 6.45) is 2.42. The van der Waals surface area contributed by atoms with E-state index in [9.17, 15) is 0 Å². The molecule has 2 rings (SSSR count). The molecule has 0 aromatic carbocycles. The Hall–Kier alpha value is -1.55. The molecule has 86 valence electrons. The molecule has 0 aliphatic heterocycles. The summed E-state index contributed by atoms with van der Waals surface area (Å²) in [5.41, 5.74) is 9.36. The molecule has 0 radical (unpaired) electrons. The molecule has 2 aromatic rings. The van der Waals surface area contributed by atoms with Crippen LogP contribution < -0.4 is 5.73 Å². The van der Waals surface area contributed by atoms with Gasteiger partial charge in [-0.15, -0.1) is 0 Å². The van der Waals surface area contributed by atoms with Gasteiger partial charge in [0.25, 0.3) is 0 Å². The van der Waals surface area contributed by atoms with Crippen molar-refractivity contribution in [1.29, 1.82) is 0 Å². The summed E-state index contributed by atoms with van der Waals surface area (Å²) in [6, 6.07) is 3.88. The normalized spacial score (nSPS) is 13.0. The van der Waals surface area contributed by atoms with E-state index < -0.39 is 0 Å². The van der Waals surface area contributed by atoms with E-state index in [1.165, 1.54) is 0 Å². The van der Waals surface area contributed by atoms with Gasteiger partial charge in [0.15, 0.2) is 0 Å². The van der Waals surface area contributed by atoms with Crippen molar-refractivity contribution in [2.75, 3.05) is 0 Å². The van der Waals surface area contributed by atoms with Crippen LogP contribution in [0.5, 0.6) is 0 Å². The number of hydrogen-bond donors (Lipinski definition) is 1. The van der Waals surface area contributed by atoms with Crippen LogP contribution in [0.2, 0.25) is 0 Å². The zero-order valence-electron chi connectivity index (χ0n) is 9.90. The minimum absolute atomic E-state index is 0.107. The van der Waals surface area contributed by atoms with Crippen LogP contribution in [0.25, 0.3) is 0 Å². The second-order valence-electron chi connectivity index (χ2n) is 4.18. The Balaban J connectivity index is 2.16. The van der Waals surface area contributed by atoms with E-state index >= 15 is 0 Å². The van der Waals surface area contributed by atoms with Gasteiger partial charge in [-0.2, -0.15) is 5.10 Å². The highest BCUT2D eigenvalue weighted by Crippen LogP contribution is 2.20. The average Bonchev–Trinajstić information content (AvgIpc) is 2.74. The van der Waals surface area contributed by atoms with Crippen LogP contribution in [0.3, 0.4) is 0 Å². The van der Waals surface area contributed by atoms with Crippen molar-refractivity contribution >= 4 is 0 Å². The van der Waals surface area contributed by atoms with E-state index in [1.54, 1.807) is 6.26 Å². The molecule has 0 amide bonds. The Labute approximate surface area is 95.1 Å². The second-order valence-corrected chi connectivity index (χ2v) is 4.18. The summed E-state index contributed by atoms with van der Waals surface area (Å²) in [5.74, 6) is 0.860. The average molecular weight is 219 g/mol. The van der Waals surface area contributed by atoms with Crippen molar-refractivity contribution in [3.63, 3.8) is 0 Å². The van der Waals surface area contributed by atoms with Gasteiger partial charge in [-0.05, 0) is 31.5 Å². The first-order valence-corrected chi connectivity index (χ1v) is 5.37. The maximum atomic E-state index is 6.12. The number of aromatic nitrogens is 2. The molecule has 2 aromatic heterocycles. The van der Waals surface area contributed by atoms with Gasteiger partial charge in [0.2, 0.25) is 0 Å². The molecule has 4 nitrogen and oxygen atoms in total. The molecule has 1 atom stereocenters. The monoisotopic (exact) mass is 219 g/mol. The van der Waals surface area contributed by atoms with Gasteiger partial charge in [0, 0.05) is 19.2 Å². The molecular weight excluding hydrogens is 202 g/mol. The quantitative estimate of drug-likeness (QED) is 0.857. The minimum Gasteiger partial charge on any atom is -0.467 e. The summed E-state index contributed by atoms with van der Waals surface area (Å²) in [6.45, 7) is 3.99. The summed E-state index contributed by atoms with van der Waals surface area (Å²) in [5, 5.41) is 4.30. The van der Waals surface area contributed by atoms with Crippen LogP contribution in [0.15, 0.2) is 22.8 Å². The van der Waals surface area contributed by atoms with Crippen molar-refractivity contribution in [2.24, 2.45) is 12.8 Å². The predicted octanol–water partition coefficient (Wildman–Crippen LogP) is 1.87. The standard InChI is InChI=1S/C12H17N3O/c1-8-4-5-16-12(8)11(13)7-10-6-9(2)14-15(10)3/h4-6,11H,7,13H2,1-3H3. The first-order valence-electron chi connectivity index (χ1n) is 5.37. The molecule has 1 unspecified atom stereocenters. The second kappa shape index (κ2) is 4.14. The minimum atomic E-state index is -0.107. The molecule has 2 N–H and O–H groups in total. The molecule has 0 saturated heterocycles. The largest absolute Gasteiger partial charge is 0.467 e. The van der Waals surface area contributed by atoms with Crippen molar-refractivity contribution < 1.29 is 4.42 Å². The van der Waals surface area contributed by atoms with E-state index in [2.05, 4.69) is 11.2 Å². The van der Waals surface area contributed by atoms with Crippen LogP contribution >= 0.6 is 0 Å². The zero-order valence-corrected chi connectivity index (χ0v) is 9.90. The first kappa shape index (κ1) is 11.0. The molecule has 16 heavy (non-hydrogen) atoms. The van der Waals surface area contributed by atoms with Crippen LogP contribution in [0, 0.1) is 13.8 Å². The van der Waals surface area contributed by atoms with E-state index in [0.29, 0.717) is 0 Å². The molecule has 0 spiro atoms. The Kier molecular flexibility index (Phi) is 2.83. The van der Waals surface area contributed by atoms with Gasteiger partial charge in [-0.1, -0.05) is 0 Å². The fourth-order valence-electron chi connectivity index (χ4n) is 1.94. The number of nitrogens with zero attached hydrogens (tertiary/aromatic N) is 2. The summed E-state index contributed by atoms with van der Waals surface area (Å²) in [4.78, 5) is 0. The molecule has 0 aliphatic rings. The van der Waals surface area contributed by atoms with Gasteiger partial charge in [-0.3, -0.25) is 4.68 Å². The van der Waals surface area contributed by atoms with Gasteiger partial charge in [0.05, 0.1) is 18.0 Å². The maximum Gasteiger partial charge on any atom is 0.123 e. The Bertz CT molecular complexity index is 484. The van der Waals surface area contributed by atoms with E-state index in [0.717, 1.165) is 29.1 Å². The lowest BCUT2D eigenvalue weighted by molar-refractivity contribution is 0.456. The fraction of sp³-hybridized carbons (Fsp3) is 0.417. The fourth-order valence-corrected chi connectivity index (χ4v) is 1.94. The molecule has 0 aliphatic carbocycles. The number of furan rings is 1. The molecule has 4 heteroatoms. The van der Waals surface area contributed by atoms with Gasteiger partial charge in [0.1, 0.15) is 5.76 Å². The van der Waals surface area contributed by atoms with Gasteiger partial charge >= 0.3 is 0 Å². The van der Waals surface area contributed by atoms with Crippen LogP contribution in [-0.2, 0) is 13.5 Å². The number of hydrogen-bond acceptors (Lipinski definition) is 3. The third kappa shape index (κ3) is 2.02. The Morgan fingerprint density at radius 3 is 2.75 bits per heavy atom. The maximum absolute atomic E-state index is 6.12. The smallest absolute Gasteiger partial charge is 0.123 e. The van der Waals surface area contributed by atoms with E-state index in [1.807, 2.05) is 31.6 Å². The van der Waals surface area contributed by atoms with Crippen LogP contribution in [0.4, 0.5) is 0 Å². The number of rotatable bonds is 3. The van der Waals surface area contributed by atoms with Gasteiger partial charge in [-0.25, -0.2) is 0 Å². The zero-order chi connectivity index (χ0) is 11.7. The Morgan fingerprint density at radius 1 is 1.50 bits per heavy atom. The van der Waals surface area contributed by atoms with E-state index in [-0.39, 0.29) is 6.04 Å². The topological polar surface area (TPSA) is 57.0 Å². The number of nitrogens with two attached hydrogens (primary N) is 1. The van der Waals surface area contributed by atoms with Crippen molar-refractivity contribution in [1.82, 2.24) is 9.78 Å². The molecule has 0 bridgehead atoms. The lowest BCUT2D eigenvalue weighted by Crippen LogP contribution is -2.15. The third-order valence-corrected chi connectivity index (χ3v) is 2.77. The molecule has 0 saturated carbocycles. The third-order valence-electron chi connectivity index (χ3n) is 2.77. The van der Waals surface area contributed by atoms with Crippen molar-refractivity contribution in [3.05, 3.63) is 41.1 Å². The van der Waals surface area contributed by atoms with Crippen molar-refractivity contribution in [2.45, 2.75) is 26.3 Å². The highest BCUT2D eigenvalue weighted by Gasteiger charge is 2.15. The lowest BCUT2D eigenvalue weighted by Gasteiger charge is -2.09. The van der Waals surface area contributed by atoms with Crippen molar-refractivity contribution in [3.8, 4) is 0 Å². The molecular formula is C12H17N3O. The van der Waals surface area contributed by atoms with Gasteiger partial charge < -0.3 is 10.2 Å². The predicted molar refractivity (Wildman–Crippen MR) is 62.0 cm³/mol. The van der Waals surface area contributed by atoms with E-state index in [4.69, 9.17) is 10.2 Å². The lowest BCUT2D eigenvalue weighted by atomic mass is 10.1. The summed E-state index contributed by atoms with van der Waals surface area (Å²) in [7, 11) is 1.93. The SMILES string of the molecule is Cc1cc(CC(N)c2occc2C)n(C)n1. The first-order chi connectivity index (χ1) is 7.58. The summed E-state index contributed by atoms with van der Waals surface area (Å²) >= 11 is 0.